The van der Waals surface area contributed by atoms with Crippen LogP contribution in [-0.4, -0.2) is 15.0 Å². The Labute approximate surface area is 127 Å². The Hall–Kier alpha value is -0.910. The van der Waals surface area contributed by atoms with Gasteiger partial charge in [0.1, 0.15) is 0 Å². The maximum atomic E-state index is 12.5. The van der Waals surface area contributed by atoms with Crippen molar-refractivity contribution >= 4 is 10.0 Å². The van der Waals surface area contributed by atoms with Crippen LogP contribution in [0.1, 0.15) is 43.7 Å². The van der Waals surface area contributed by atoms with Gasteiger partial charge in [-0.15, -0.1) is 0 Å². The van der Waals surface area contributed by atoms with Crippen LogP contribution in [0.25, 0.3) is 0 Å². The lowest BCUT2D eigenvalue weighted by atomic mass is 10.0. The number of sulfonamides is 1. The van der Waals surface area contributed by atoms with Gasteiger partial charge >= 0.3 is 0 Å². The molecule has 0 atom stereocenters. The molecular weight excluding hydrogens is 284 g/mol. The van der Waals surface area contributed by atoms with E-state index in [0.717, 1.165) is 23.5 Å². The van der Waals surface area contributed by atoms with Gasteiger partial charge in [-0.05, 0) is 66.7 Å². The van der Waals surface area contributed by atoms with E-state index in [-0.39, 0.29) is 5.41 Å². The van der Waals surface area contributed by atoms with Crippen LogP contribution >= 0.6 is 0 Å². The topological polar surface area (TPSA) is 72.2 Å². The van der Waals surface area contributed by atoms with Crippen molar-refractivity contribution in [3.63, 3.8) is 0 Å². The summed E-state index contributed by atoms with van der Waals surface area (Å²) >= 11 is 0. The van der Waals surface area contributed by atoms with Gasteiger partial charge in [-0.25, -0.2) is 13.1 Å². The molecule has 2 aliphatic carbocycles. The molecule has 1 aromatic rings. The summed E-state index contributed by atoms with van der Waals surface area (Å²) < 4.78 is 27.8. The lowest BCUT2D eigenvalue weighted by Crippen LogP contribution is -2.31. The second-order valence-electron chi connectivity index (χ2n) is 6.45. The molecule has 0 spiro atoms. The first-order valence-corrected chi connectivity index (χ1v) is 9.30. The quantitative estimate of drug-likeness (QED) is 0.811. The molecule has 3 N–H and O–H groups in total. The second kappa shape index (κ2) is 5.38. The molecular formula is C16H24N2O2S. The van der Waals surface area contributed by atoms with E-state index in [1.165, 1.54) is 25.7 Å². The lowest BCUT2D eigenvalue weighted by molar-refractivity contribution is 0.432. The summed E-state index contributed by atoms with van der Waals surface area (Å²) in [6, 6.07) is 5.29. The standard InChI is InChI=1S/C16H24N2O2S/c1-2-12-3-6-15(9-13(12)10-17)21(19,20)18-11-16(7-8-16)14-4-5-14/h3,6,9,14,18H,2,4-5,7-8,10-11,17H2,1H3. The molecule has 21 heavy (non-hydrogen) atoms. The first-order chi connectivity index (χ1) is 10.0. The smallest absolute Gasteiger partial charge is 0.240 e. The minimum atomic E-state index is -3.42. The summed E-state index contributed by atoms with van der Waals surface area (Å²) in [6.45, 7) is 3.01. The van der Waals surface area contributed by atoms with Crippen molar-refractivity contribution in [2.45, 2.75) is 50.5 Å². The van der Waals surface area contributed by atoms with Crippen LogP contribution in [0, 0.1) is 11.3 Å². The highest BCUT2D eigenvalue weighted by Gasteiger charge is 2.53. The monoisotopic (exact) mass is 308 g/mol. The van der Waals surface area contributed by atoms with Gasteiger partial charge in [0, 0.05) is 13.1 Å². The van der Waals surface area contributed by atoms with Crippen LogP contribution in [0.3, 0.4) is 0 Å². The van der Waals surface area contributed by atoms with Gasteiger partial charge in [0.25, 0.3) is 0 Å². The fourth-order valence-electron chi connectivity index (χ4n) is 3.21. The SMILES string of the molecule is CCc1ccc(S(=O)(=O)NCC2(C3CC3)CC2)cc1CN. The number of nitrogens with two attached hydrogens (primary N) is 1. The van der Waals surface area contributed by atoms with Crippen molar-refractivity contribution in [3.05, 3.63) is 29.3 Å². The predicted molar refractivity (Wildman–Crippen MR) is 83.3 cm³/mol. The Morgan fingerprint density at radius 2 is 2.00 bits per heavy atom. The van der Waals surface area contributed by atoms with Crippen LogP contribution in [-0.2, 0) is 23.0 Å². The summed E-state index contributed by atoms with van der Waals surface area (Å²) in [7, 11) is -3.42. The van der Waals surface area contributed by atoms with E-state index in [2.05, 4.69) is 4.72 Å². The van der Waals surface area contributed by atoms with E-state index in [1.807, 2.05) is 13.0 Å². The van der Waals surface area contributed by atoms with Crippen LogP contribution in [0.4, 0.5) is 0 Å². The average molecular weight is 308 g/mol. The fraction of sp³-hybridized carbons (Fsp3) is 0.625. The lowest BCUT2D eigenvalue weighted by Gasteiger charge is -2.16. The van der Waals surface area contributed by atoms with E-state index < -0.39 is 10.0 Å². The van der Waals surface area contributed by atoms with Crippen molar-refractivity contribution < 1.29 is 8.42 Å². The van der Waals surface area contributed by atoms with Gasteiger partial charge < -0.3 is 5.73 Å². The Morgan fingerprint density at radius 3 is 2.52 bits per heavy atom. The zero-order valence-electron chi connectivity index (χ0n) is 12.6. The normalized spacial score (nSPS) is 20.5. The zero-order chi connectivity index (χ0) is 15.1. The van der Waals surface area contributed by atoms with Crippen LogP contribution < -0.4 is 10.5 Å². The summed E-state index contributed by atoms with van der Waals surface area (Å²) in [4.78, 5) is 0.340. The van der Waals surface area contributed by atoms with Crippen LogP contribution in [0.5, 0.6) is 0 Å². The van der Waals surface area contributed by atoms with Crippen molar-refractivity contribution in [2.24, 2.45) is 17.1 Å². The Bertz CT molecular complexity index is 632. The second-order valence-corrected chi connectivity index (χ2v) is 8.22. The molecule has 0 aliphatic heterocycles. The first kappa shape index (κ1) is 15.0. The molecule has 0 unspecified atom stereocenters. The average Bonchev–Trinajstić information content (AvgIpc) is 3.37. The van der Waals surface area contributed by atoms with Gasteiger partial charge in [-0.1, -0.05) is 13.0 Å². The highest BCUT2D eigenvalue weighted by molar-refractivity contribution is 7.89. The Morgan fingerprint density at radius 1 is 1.29 bits per heavy atom. The molecule has 5 heteroatoms. The molecule has 0 bridgehead atoms. The summed E-state index contributed by atoms with van der Waals surface area (Å²) in [5.74, 6) is 0.752. The third-order valence-electron chi connectivity index (χ3n) is 5.04. The van der Waals surface area contributed by atoms with Gasteiger partial charge in [0.05, 0.1) is 4.90 Å². The third kappa shape index (κ3) is 3.00. The number of hydrogen-bond acceptors (Lipinski definition) is 3. The highest BCUT2D eigenvalue weighted by Crippen LogP contribution is 2.60. The number of benzene rings is 1. The van der Waals surface area contributed by atoms with Crippen molar-refractivity contribution in [1.29, 1.82) is 0 Å². The Balaban J connectivity index is 1.75. The summed E-state index contributed by atoms with van der Waals surface area (Å²) in [6.07, 6.45) is 5.74. The minimum absolute atomic E-state index is 0.271. The van der Waals surface area contributed by atoms with Crippen molar-refractivity contribution in [3.8, 4) is 0 Å². The molecule has 2 saturated carbocycles. The molecule has 0 saturated heterocycles. The predicted octanol–water partition coefficient (Wildman–Crippen LogP) is 2.18. The fourth-order valence-corrected chi connectivity index (χ4v) is 4.40. The first-order valence-electron chi connectivity index (χ1n) is 7.82. The molecule has 1 aromatic carbocycles. The number of nitrogens with one attached hydrogen (secondary N) is 1. The molecule has 2 fully saturated rings. The number of rotatable bonds is 7. The third-order valence-corrected chi connectivity index (χ3v) is 6.44. The van der Waals surface area contributed by atoms with E-state index in [4.69, 9.17) is 5.73 Å². The van der Waals surface area contributed by atoms with Crippen LogP contribution in [0.2, 0.25) is 0 Å². The van der Waals surface area contributed by atoms with E-state index in [0.29, 0.717) is 18.0 Å². The summed E-state index contributed by atoms with van der Waals surface area (Å²) in [5.41, 5.74) is 8.03. The van der Waals surface area contributed by atoms with Gasteiger partial charge in [-0.2, -0.15) is 0 Å². The molecule has 0 amide bonds. The maximum absolute atomic E-state index is 12.5. The molecule has 2 aliphatic rings. The van der Waals surface area contributed by atoms with Crippen molar-refractivity contribution in [2.75, 3.05) is 6.54 Å². The number of hydrogen-bond donors (Lipinski definition) is 2. The van der Waals surface area contributed by atoms with Gasteiger partial charge in [-0.3, -0.25) is 0 Å². The maximum Gasteiger partial charge on any atom is 0.240 e. The minimum Gasteiger partial charge on any atom is -0.326 e. The molecule has 4 nitrogen and oxygen atoms in total. The van der Waals surface area contributed by atoms with Crippen molar-refractivity contribution in [1.82, 2.24) is 4.72 Å². The molecule has 0 heterocycles. The van der Waals surface area contributed by atoms with Crippen LogP contribution in [0.15, 0.2) is 23.1 Å². The van der Waals surface area contributed by atoms with E-state index in [1.54, 1.807) is 12.1 Å². The molecule has 3 rings (SSSR count). The largest absolute Gasteiger partial charge is 0.326 e. The Kier molecular flexibility index (Phi) is 3.84. The molecule has 116 valence electrons. The van der Waals surface area contributed by atoms with E-state index in [9.17, 15) is 8.42 Å². The van der Waals surface area contributed by atoms with Gasteiger partial charge in [0.2, 0.25) is 10.0 Å². The highest BCUT2D eigenvalue weighted by atomic mass is 32.2. The van der Waals surface area contributed by atoms with E-state index >= 15 is 0 Å². The number of aryl methyl sites for hydroxylation is 1. The molecule has 0 radical (unpaired) electrons. The van der Waals surface area contributed by atoms with Gasteiger partial charge in [0.15, 0.2) is 0 Å². The zero-order valence-corrected chi connectivity index (χ0v) is 13.4. The summed E-state index contributed by atoms with van der Waals surface area (Å²) in [5, 5.41) is 0. The molecule has 0 aromatic heterocycles.